The summed E-state index contributed by atoms with van der Waals surface area (Å²) >= 11 is 1.45. The van der Waals surface area contributed by atoms with Gasteiger partial charge in [0.15, 0.2) is 0 Å². The standard InChI is InChI=1S/C17H21N3O4S/c1-4-5-6-11(17(23)24)18-13(21)8-7-12-19-15(22)14-9(2)10(3)25-16(14)20-12/h4,11H,1,5-8H2,2-3H3,(H,18,21)(H,23,24)(H,19,20,22). The summed E-state index contributed by atoms with van der Waals surface area (Å²) in [6, 6.07) is -0.942. The number of aryl methyl sites for hydroxylation is 3. The minimum atomic E-state index is -1.08. The minimum absolute atomic E-state index is 0.0512. The van der Waals surface area contributed by atoms with E-state index in [1.165, 1.54) is 11.3 Å². The number of carbonyl (C=O) groups excluding carboxylic acids is 1. The highest BCUT2D eigenvalue weighted by molar-refractivity contribution is 7.18. The van der Waals surface area contributed by atoms with Crippen molar-refractivity contribution in [2.45, 2.75) is 45.6 Å². The van der Waals surface area contributed by atoms with E-state index in [2.05, 4.69) is 21.9 Å². The van der Waals surface area contributed by atoms with Crippen LogP contribution in [-0.4, -0.2) is 33.0 Å². The van der Waals surface area contributed by atoms with Gasteiger partial charge in [-0.1, -0.05) is 6.08 Å². The number of hydrogen-bond donors (Lipinski definition) is 3. The van der Waals surface area contributed by atoms with E-state index in [-0.39, 0.29) is 18.4 Å². The van der Waals surface area contributed by atoms with Crippen molar-refractivity contribution >= 4 is 33.4 Å². The van der Waals surface area contributed by atoms with Crippen molar-refractivity contribution < 1.29 is 14.7 Å². The van der Waals surface area contributed by atoms with Gasteiger partial charge in [0.1, 0.15) is 16.7 Å². The van der Waals surface area contributed by atoms with Gasteiger partial charge in [0.2, 0.25) is 5.91 Å². The molecule has 2 rings (SSSR count). The van der Waals surface area contributed by atoms with Gasteiger partial charge in [0.05, 0.1) is 5.39 Å². The topological polar surface area (TPSA) is 112 Å². The summed E-state index contributed by atoms with van der Waals surface area (Å²) in [5, 5.41) is 12.2. The van der Waals surface area contributed by atoms with E-state index in [4.69, 9.17) is 5.11 Å². The SMILES string of the molecule is C=CCCC(NC(=O)CCc1nc2sc(C)c(C)c2c(=O)[nH]1)C(=O)O. The first kappa shape index (κ1) is 18.9. The predicted octanol–water partition coefficient (Wildman–Crippen LogP) is 2.07. The number of aliphatic carboxylic acids is 1. The first-order chi connectivity index (χ1) is 11.8. The monoisotopic (exact) mass is 363 g/mol. The highest BCUT2D eigenvalue weighted by atomic mass is 32.1. The Bertz CT molecular complexity index is 869. The molecule has 0 radical (unpaired) electrons. The fourth-order valence-corrected chi connectivity index (χ4v) is 3.51. The number of amides is 1. The average Bonchev–Trinajstić information content (AvgIpc) is 2.84. The lowest BCUT2D eigenvalue weighted by Gasteiger charge is -2.13. The molecular weight excluding hydrogens is 342 g/mol. The summed E-state index contributed by atoms with van der Waals surface area (Å²) in [6.07, 6.45) is 2.69. The number of thiophene rings is 1. The summed E-state index contributed by atoms with van der Waals surface area (Å²) in [5.41, 5.74) is 0.709. The number of carboxylic acid groups (broad SMARTS) is 1. The number of H-pyrrole nitrogens is 1. The van der Waals surface area contributed by atoms with Crippen LogP contribution in [0.1, 0.15) is 35.5 Å². The molecule has 3 N–H and O–H groups in total. The number of nitrogens with one attached hydrogen (secondary N) is 2. The second-order valence-electron chi connectivity index (χ2n) is 5.80. The highest BCUT2D eigenvalue weighted by Gasteiger charge is 2.19. The molecule has 0 fully saturated rings. The van der Waals surface area contributed by atoms with Crippen LogP contribution in [-0.2, 0) is 16.0 Å². The zero-order valence-electron chi connectivity index (χ0n) is 14.2. The van der Waals surface area contributed by atoms with E-state index in [9.17, 15) is 14.4 Å². The van der Waals surface area contributed by atoms with E-state index in [0.717, 1.165) is 10.4 Å². The van der Waals surface area contributed by atoms with Crippen molar-refractivity contribution in [1.29, 1.82) is 0 Å². The Balaban J connectivity index is 2.04. The predicted molar refractivity (Wildman–Crippen MR) is 97.0 cm³/mol. The molecule has 0 aliphatic heterocycles. The van der Waals surface area contributed by atoms with Gasteiger partial charge in [-0.3, -0.25) is 9.59 Å². The third kappa shape index (κ3) is 4.54. The Morgan fingerprint density at radius 2 is 2.16 bits per heavy atom. The van der Waals surface area contributed by atoms with E-state index in [1.807, 2.05) is 13.8 Å². The molecule has 8 heteroatoms. The molecule has 0 saturated carbocycles. The number of aromatic nitrogens is 2. The Morgan fingerprint density at radius 3 is 2.80 bits per heavy atom. The van der Waals surface area contributed by atoms with Crippen molar-refractivity contribution in [3.8, 4) is 0 Å². The fraction of sp³-hybridized carbons (Fsp3) is 0.412. The van der Waals surface area contributed by atoms with E-state index < -0.39 is 17.9 Å². The molecule has 7 nitrogen and oxygen atoms in total. The number of carbonyl (C=O) groups is 2. The first-order valence-electron chi connectivity index (χ1n) is 7.95. The lowest BCUT2D eigenvalue weighted by atomic mass is 10.1. The molecule has 0 aromatic carbocycles. The van der Waals surface area contributed by atoms with E-state index in [1.54, 1.807) is 6.08 Å². The molecule has 1 amide bonds. The molecule has 1 unspecified atom stereocenters. The second-order valence-corrected chi connectivity index (χ2v) is 7.00. The van der Waals surface area contributed by atoms with Gasteiger partial charge in [-0.15, -0.1) is 17.9 Å². The normalized spacial score (nSPS) is 12.1. The zero-order valence-corrected chi connectivity index (χ0v) is 15.0. The van der Waals surface area contributed by atoms with Crippen molar-refractivity contribution in [1.82, 2.24) is 15.3 Å². The molecule has 2 aromatic rings. The summed E-state index contributed by atoms with van der Waals surface area (Å²) < 4.78 is 0. The lowest BCUT2D eigenvalue weighted by molar-refractivity contribution is -0.142. The zero-order chi connectivity index (χ0) is 18.6. The number of aromatic amines is 1. The number of allylic oxidation sites excluding steroid dienone is 1. The van der Waals surface area contributed by atoms with Gasteiger partial charge >= 0.3 is 5.97 Å². The maximum atomic E-state index is 12.2. The number of fused-ring (bicyclic) bond motifs is 1. The van der Waals surface area contributed by atoms with Crippen LogP contribution in [0.5, 0.6) is 0 Å². The van der Waals surface area contributed by atoms with Gasteiger partial charge in [-0.2, -0.15) is 0 Å². The Morgan fingerprint density at radius 1 is 1.44 bits per heavy atom. The average molecular weight is 363 g/mol. The Kier molecular flexibility index (Phi) is 6.08. The van der Waals surface area contributed by atoms with E-state index >= 15 is 0 Å². The molecule has 0 aliphatic carbocycles. The Labute approximate surface area is 148 Å². The number of nitrogens with zero attached hydrogens (tertiary/aromatic N) is 1. The van der Waals surface area contributed by atoms with Crippen molar-refractivity contribution in [2.24, 2.45) is 0 Å². The molecule has 0 spiro atoms. The third-order valence-corrected chi connectivity index (χ3v) is 5.07. The number of hydrogen-bond acceptors (Lipinski definition) is 5. The highest BCUT2D eigenvalue weighted by Crippen LogP contribution is 2.25. The van der Waals surface area contributed by atoms with Crippen LogP contribution < -0.4 is 10.9 Å². The number of rotatable bonds is 8. The van der Waals surface area contributed by atoms with Crippen LogP contribution in [0, 0.1) is 13.8 Å². The van der Waals surface area contributed by atoms with Crippen molar-refractivity contribution in [3.05, 3.63) is 39.3 Å². The molecule has 25 heavy (non-hydrogen) atoms. The van der Waals surface area contributed by atoms with Crippen molar-refractivity contribution in [2.75, 3.05) is 0 Å². The molecule has 1 atom stereocenters. The maximum Gasteiger partial charge on any atom is 0.326 e. The van der Waals surface area contributed by atoms with E-state index in [0.29, 0.717) is 28.9 Å². The summed E-state index contributed by atoms with van der Waals surface area (Å²) in [7, 11) is 0. The quantitative estimate of drug-likeness (QED) is 0.622. The first-order valence-corrected chi connectivity index (χ1v) is 8.77. The van der Waals surface area contributed by atoms with Gasteiger partial charge < -0.3 is 15.4 Å². The Hall–Kier alpha value is -2.48. The van der Waals surface area contributed by atoms with Crippen LogP contribution >= 0.6 is 11.3 Å². The molecule has 0 bridgehead atoms. The summed E-state index contributed by atoms with van der Waals surface area (Å²) in [6.45, 7) is 7.36. The summed E-state index contributed by atoms with van der Waals surface area (Å²) in [4.78, 5) is 44.1. The molecule has 2 aromatic heterocycles. The van der Waals surface area contributed by atoms with Crippen molar-refractivity contribution in [3.63, 3.8) is 0 Å². The lowest BCUT2D eigenvalue weighted by Crippen LogP contribution is -2.40. The summed E-state index contributed by atoms with van der Waals surface area (Å²) in [5.74, 6) is -1.04. The van der Waals surface area contributed by atoms with Gasteiger partial charge in [-0.05, 0) is 32.3 Å². The largest absolute Gasteiger partial charge is 0.480 e. The third-order valence-electron chi connectivity index (χ3n) is 3.97. The van der Waals surface area contributed by atoms with Crippen LogP contribution in [0.2, 0.25) is 0 Å². The van der Waals surface area contributed by atoms with Gasteiger partial charge in [-0.25, -0.2) is 9.78 Å². The molecule has 2 heterocycles. The van der Waals surface area contributed by atoms with Crippen LogP contribution in [0.3, 0.4) is 0 Å². The smallest absolute Gasteiger partial charge is 0.326 e. The molecule has 0 aliphatic rings. The molecule has 0 saturated heterocycles. The second kappa shape index (κ2) is 8.06. The van der Waals surface area contributed by atoms with Crippen LogP contribution in [0.4, 0.5) is 0 Å². The van der Waals surface area contributed by atoms with Gasteiger partial charge in [0, 0.05) is 17.7 Å². The minimum Gasteiger partial charge on any atom is -0.480 e. The molecular formula is C17H21N3O4S. The van der Waals surface area contributed by atoms with Crippen LogP contribution in [0.25, 0.3) is 10.2 Å². The maximum absolute atomic E-state index is 12.2. The fourth-order valence-electron chi connectivity index (χ4n) is 2.46. The molecule has 134 valence electrons. The van der Waals surface area contributed by atoms with Gasteiger partial charge in [0.25, 0.3) is 5.56 Å². The number of carboxylic acids is 1. The van der Waals surface area contributed by atoms with Crippen LogP contribution in [0.15, 0.2) is 17.4 Å².